The van der Waals surface area contributed by atoms with Gasteiger partial charge in [0.2, 0.25) is 0 Å². The molecule has 0 aliphatic carbocycles. The smallest absolute Gasteiger partial charge is 0.135 e. The van der Waals surface area contributed by atoms with Crippen molar-refractivity contribution < 1.29 is 4.42 Å². The van der Waals surface area contributed by atoms with Crippen LogP contribution in [0.5, 0.6) is 0 Å². The molecule has 2 aromatic heterocycles. The number of anilines is 3. The Hall–Kier alpha value is -8.66. The molecule has 0 atom stereocenters. The summed E-state index contributed by atoms with van der Waals surface area (Å²) < 4.78 is 8.77. The average Bonchev–Trinajstić information content (AvgIpc) is 3.92. The highest BCUT2D eigenvalue weighted by atomic mass is 16.3. The fraction of sp³-hybridized carbons (Fsp3) is 0. The molecule has 11 aromatic carbocycles. The molecule has 0 radical (unpaired) electrons. The van der Waals surface area contributed by atoms with Crippen molar-refractivity contribution in [1.29, 1.82) is 0 Å². The van der Waals surface area contributed by atoms with Crippen LogP contribution in [-0.2, 0) is 0 Å². The van der Waals surface area contributed by atoms with Crippen molar-refractivity contribution in [2.24, 2.45) is 0 Å². The molecule has 304 valence electrons. The van der Waals surface area contributed by atoms with E-state index in [0.29, 0.717) is 0 Å². The lowest BCUT2D eigenvalue weighted by molar-refractivity contribution is 0.669. The maximum Gasteiger partial charge on any atom is 0.135 e. The van der Waals surface area contributed by atoms with Crippen LogP contribution in [0.25, 0.3) is 104 Å². The minimum atomic E-state index is 0.871. The third-order valence-electron chi connectivity index (χ3n) is 13.1. The first-order valence-corrected chi connectivity index (χ1v) is 22.2. The van der Waals surface area contributed by atoms with Gasteiger partial charge in [-0.2, -0.15) is 0 Å². The Morgan fingerprint density at radius 2 is 0.923 bits per heavy atom. The second-order valence-corrected chi connectivity index (χ2v) is 16.9. The molecular formula is C62H40N2O. The van der Waals surface area contributed by atoms with Crippen LogP contribution >= 0.6 is 0 Å². The molecule has 2 heterocycles. The normalized spacial score (nSPS) is 11.7. The lowest BCUT2D eigenvalue weighted by Gasteiger charge is -2.27. The first kappa shape index (κ1) is 36.9. The van der Waals surface area contributed by atoms with Crippen LogP contribution in [0.3, 0.4) is 0 Å². The van der Waals surface area contributed by atoms with Gasteiger partial charge in [0.05, 0.1) is 11.0 Å². The molecule has 0 aliphatic rings. The summed E-state index contributed by atoms with van der Waals surface area (Å²) in [5, 5.41) is 9.70. The summed E-state index contributed by atoms with van der Waals surface area (Å²) in [6.45, 7) is 0. The molecule has 0 amide bonds. The number of nitrogens with zero attached hydrogens (tertiary/aromatic N) is 2. The van der Waals surface area contributed by atoms with E-state index in [1.54, 1.807) is 0 Å². The summed E-state index contributed by atoms with van der Waals surface area (Å²) >= 11 is 0. The Morgan fingerprint density at radius 1 is 0.308 bits per heavy atom. The molecule has 0 fully saturated rings. The van der Waals surface area contributed by atoms with E-state index in [2.05, 4.69) is 240 Å². The monoisotopic (exact) mass is 828 g/mol. The van der Waals surface area contributed by atoms with Gasteiger partial charge in [-0.05, 0) is 128 Å². The van der Waals surface area contributed by atoms with E-state index in [-0.39, 0.29) is 0 Å². The molecule has 13 rings (SSSR count). The number of furan rings is 1. The van der Waals surface area contributed by atoms with Gasteiger partial charge in [0.1, 0.15) is 11.2 Å². The number of aromatic nitrogens is 1. The van der Waals surface area contributed by atoms with Gasteiger partial charge in [-0.3, -0.25) is 0 Å². The molecule has 3 nitrogen and oxygen atoms in total. The van der Waals surface area contributed by atoms with Gasteiger partial charge in [-0.1, -0.05) is 170 Å². The highest BCUT2D eigenvalue weighted by Gasteiger charge is 2.21. The van der Waals surface area contributed by atoms with Crippen LogP contribution in [0.15, 0.2) is 247 Å². The molecule has 0 spiro atoms. The first-order chi connectivity index (χ1) is 32.2. The standard InChI is InChI=1S/C62H40N2O/c1-2-15-42(16-3-1)56-39-48(32-34-52(56)45-21-13-23-47(38-45)64-58-29-10-8-27-55(58)62-53-25-7-5-18-43(53)31-35-59(62)64)63(49-33-36-61-57(40-49)54-26-9-11-30-60(54)65-61)46-22-12-20-44(37-46)51-28-14-19-41-17-4-6-24-50(41)51/h1-40H. The summed E-state index contributed by atoms with van der Waals surface area (Å²) in [6.07, 6.45) is 0. The van der Waals surface area contributed by atoms with Crippen molar-refractivity contribution in [3.8, 4) is 39.1 Å². The lowest BCUT2D eigenvalue weighted by Crippen LogP contribution is -2.10. The average molecular weight is 829 g/mol. The molecule has 0 saturated heterocycles. The summed E-state index contributed by atoms with van der Waals surface area (Å²) in [6, 6.07) is 87.9. The number of para-hydroxylation sites is 2. The van der Waals surface area contributed by atoms with Gasteiger partial charge in [0, 0.05) is 44.3 Å². The topological polar surface area (TPSA) is 21.3 Å². The van der Waals surface area contributed by atoms with Crippen molar-refractivity contribution in [2.75, 3.05) is 4.90 Å². The van der Waals surface area contributed by atoms with E-state index in [1.165, 1.54) is 48.9 Å². The van der Waals surface area contributed by atoms with E-state index in [4.69, 9.17) is 4.42 Å². The minimum absolute atomic E-state index is 0.871. The Kier molecular flexibility index (Phi) is 8.53. The van der Waals surface area contributed by atoms with Gasteiger partial charge < -0.3 is 13.9 Å². The fourth-order valence-corrected chi connectivity index (χ4v) is 10.2. The van der Waals surface area contributed by atoms with Crippen molar-refractivity contribution in [3.63, 3.8) is 0 Å². The van der Waals surface area contributed by atoms with Crippen LogP contribution in [0, 0.1) is 0 Å². The van der Waals surface area contributed by atoms with Crippen molar-refractivity contribution in [2.45, 2.75) is 0 Å². The predicted molar refractivity (Wildman–Crippen MR) is 274 cm³/mol. The minimum Gasteiger partial charge on any atom is -0.456 e. The zero-order valence-electron chi connectivity index (χ0n) is 35.4. The van der Waals surface area contributed by atoms with Gasteiger partial charge in [-0.15, -0.1) is 0 Å². The van der Waals surface area contributed by atoms with Crippen molar-refractivity contribution in [1.82, 2.24) is 4.57 Å². The third kappa shape index (κ3) is 6.12. The highest BCUT2D eigenvalue weighted by molar-refractivity contribution is 6.21. The summed E-state index contributed by atoms with van der Waals surface area (Å²) in [5.41, 5.74) is 15.4. The Balaban J connectivity index is 1.01. The van der Waals surface area contributed by atoms with Gasteiger partial charge in [0.15, 0.2) is 0 Å². The lowest BCUT2D eigenvalue weighted by atomic mass is 9.93. The number of benzene rings is 11. The van der Waals surface area contributed by atoms with E-state index >= 15 is 0 Å². The maximum absolute atomic E-state index is 6.34. The quantitative estimate of drug-likeness (QED) is 0.160. The van der Waals surface area contributed by atoms with Gasteiger partial charge >= 0.3 is 0 Å². The van der Waals surface area contributed by atoms with Gasteiger partial charge in [-0.25, -0.2) is 0 Å². The molecule has 65 heavy (non-hydrogen) atoms. The van der Waals surface area contributed by atoms with Crippen molar-refractivity contribution >= 4 is 82.4 Å². The summed E-state index contributed by atoms with van der Waals surface area (Å²) in [7, 11) is 0. The Bertz CT molecular complexity index is 3960. The number of rotatable bonds is 7. The number of hydrogen-bond donors (Lipinski definition) is 0. The maximum atomic E-state index is 6.34. The zero-order chi connectivity index (χ0) is 42.8. The van der Waals surface area contributed by atoms with E-state index in [1.807, 2.05) is 12.1 Å². The second-order valence-electron chi connectivity index (χ2n) is 16.9. The van der Waals surface area contributed by atoms with Crippen molar-refractivity contribution in [3.05, 3.63) is 243 Å². The van der Waals surface area contributed by atoms with E-state index in [9.17, 15) is 0 Å². The Morgan fingerprint density at radius 3 is 1.80 bits per heavy atom. The Labute approximate surface area is 376 Å². The molecule has 0 N–H and O–H groups in total. The van der Waals surface area contributed by atoms with Crippen LogP contribution in [0.4, 0.5) is 17.1 Å². The molecule has 13 aromatic rings. The molecule has 0 saturated carbocycles. The SMILES string of the molecule is c1ccc(-c2cc(N(c3cccc(-c4cccc5ccccc45)c3)c3ccc4oc5ccccc5c4c3)ccc2-c2cccc(-n3c4ccccc4c4c5ccccc5ccc43)c2)cc1. The predicted octanol–water partition coefficient (Wildman–Crippen LogP) is 17.5. The zero-order valence-corrected chi connectivity index (χ0v) is 35.4. The van der Waals surface area contributed by atoms with Crippen LogP contribution in [0.2, 0.25) is 0 Å². The first-order valence-electron chi connectivity index (χ1n) is 22.2. The second kappa shape index (κ2) is 15.0. The number of fused-ring (bicyclic) bond motifs is 9. The molecular weight excluding hydrogens is 789 g/mol. The van der Waals surface area contributed by atoms with Gasteiger partial charge in [0.25, 0.3) is 0 Å². The molecule has 3 heteroatoms. The van der Waals surface area contributed by atoms with E-state index in [0.717, 1.165) is 72.5 Å². The fourth-order valence-electron chi connectivity index (χ4n) is 10.2. The van der Waals surface area contributed by atoms with Crippen LogP contribution in [0.1, 0.15) is 0 Å². The summed E-state index contributed by atoms with van der Waals surface area (Å²) in [4.78, 5) is 2.39. The third-order valence-corrected chi connectivity index (χ3v) is 13.1. The molecule has 0 aliphatic heterocycles. The largest absolute Gasteiger partial charge is 0.456 e. The summed E-state index contributed by atoms with van der Waals surface area (Å²) in [5.74, 6) is 0. The van der Waals surface area contributed by atoms with Crippen LogP contribution < -0.4 is 4.90 Å². The number of hydrogen-bond acceptors (Lipinski definition) is 2. The molecule has 0 unspecified atom stereocenters. The van der Waals surface area contributed by atoms with Crippen LogP contribution in [-0.4, -0.2) is 4.57 Å². The van der Waals surface area contributed by atoms with E-state index < -0.39 is 0 Å². The highest BCUT2D eigenvalue weighted by Crippen LogP contribution is 2.45. The molecule has 0 bridgehead atoms.